The summed E-state index contributed by atoms with van der Waals surface area (Å²) < 4.78 is 12.4. The summed E-state index contributed by atoms with van der Waals surface area (Å²) in [7, 11) is 0. The van der Waals surface area contributed by atoms with Gasteiger partial charge in [0.25, 0.3) is 11.8 Å². The van der Waals surface area contributed by atoms with Gasteiger partial charge in [0, 0.05) is 44.7 Å². The molecule has 0 bridgehead atoms. The molecular weight excluding hydrogens is 614 g/mol. The van der Waals surface area contributed by atoms with Gasteiger partial charge in [-0.15, -0.1) is 0 Å². The third-order valence-electron chi connectivity index (χ3n) is 7.54. The van der Waals surface area contributed by atoms with E-state index in [0.717, 1.165) is 12.8 Å². The van der Waals surface area contributed by atoms with E-state index < -0.39 is 41.4 Å². The number of carboxylic acids is 1. The van der Waals surface area contributed by atoms with E-state index in [1.807, 2.05) is 0 Å². The number of aromatic nitrogens is 2. The zero-order valence-electron chi connectivity index (χ0n) is 26.7. The van der Waals surface area contributed by atoms with Crippen LogP contribution in [0.15, 0.2) is 36.4 Å². The molecular formula is C31H41N7O9. The molecule has 1 atom stereocenters. The van der Waals surface area contributed by atoms with E-state index in [0.29, 0.717) is 5.69 Å². The monoisotopic (exact) mass is 655 g/mol. The SMILES string of the molecule is CCOC(=O)N1CCN(C(=O)[C@H](CCC(=O)O)NC(=O)c2cc(OC(C)(C)C(=O)NCC(=O)NC3CC3)n(-c3ccccc3)n2)CC1. The van der Waals surface area contributed by atoms with Gasteiger partial charge < -0.3 is 40.3 Å². The van der Waals surface area contributed by atoms with Gasteiger partial charge in [-0.25, -0.2) is 9.48 Å². The lowest BCUT2D eigenvalue weighted by molar-refractivity contribution is -0.138. The average molecular weight is 656 g/mol. The van der Waals surface area contributed by atoms with Crippen molar-refractivity contribution in [2.45, 2.75) is 64.1 Å². The van der Waals surface area contributed by atoms with Crippen LogP contribution in [0.5, 0.6) is 5.88 Å². The smallest absolute Gasteiger partial charge is 0.409 e. The maximum Gasteiger partial charge on any atom is 0.409 e. The Morgan fingerprint density at radius 2 is 1.68 bits per heavy atom. The quantitative estimate of drug-likeness (QED) is 0.224. The molecule has 1 saturated carbocycles. The highest BCUT2D eigenvalue weighted by Crippen LogP contribution is 2.25. The van der Waals surface area contributed by atoms with E-state index in [4.69, 9.17) is 9.47 Å². The van der Waals surface area contributed by atoms with Crippen molar-refractivity contribution in [3.63, 3.8) is 0 Å². The molecule has 2 aromatic rings. The lowest BCUT2D eigenvalue weighted by Crippen LogP contribution is -2.56. The van der Waals surface area contributed by atoms with Crippen LogP contribution in [0.3, 0.4) is 0 Å². The highest BCUT2D eigenvalue weighted by Gasteiger charge is 2.35. The number of rotatable bonds is 14. The van der Waals surface area contributed by atoms with E-state index in [1.165, 1.54) is 34.4 Å². The van der Waals surface area contributed by atoms with Crippen LogP contribution in [0.2, 0.25) is 0 Å². The van der Waals surface area contributed by atoms with Crippen molar-refractivity contribution < 1.29 is 43.3 Å². The maximum absolute atomic E-state index is 13.5. The van der Waals surface area contributed by atoms with Crippen LogP contribution in [-0.2, 0) is 23.9 Å². The fourth-order valence-corrected chi connectivity index (χ4v) is 4.79. The Labute approximate surface area is 271 Å². The van der Waals surface area contributed by atoms with E-state index >= 15 is 0 Å². The van der Waals surface area contributed by atoms with Gasteiger partial charge >= 0.3 is 12.1 Å². The van der Waals surface area contributed by atoms with Crippen molar-refractivity contribution in [1.29, 1.82) is 0 Å². The largest absolute Gasteiger partial charge is 0.481 e. The summed E-state index contributed by atoms with van der Waals surface area (Å²) in [6.07, 6.45) is 0.783. The number of carbonyl (C=O) groups is 6. The number of aliphatic carboxylic acids is 1. The number of hydrogen-bond acceptors (Lipinski definition) is 9. The summed E-state index contributed by atoms with van der Waals surface area (Å²) in [5.74, 6) is -3.25. The Bertz CT molecular complexity index is 1460. The van der Waals surface area contributed by atoms with Gasteiger partial charge in [-0.3, -0.25) is 24.0 Å². The van der Waals surface area contributed by atoms with E-state index in [2.05, 4.69) is 21.0 Å². The molecule has 0 radical (unpaired) electrons. The van der Waals surface area contributed by atoms with Gasteiger partial charge in [0.05, 0.1) is 18.8 Å². The number of para-hydroxylation sites is 1. The van der Waals surface area contributed by atoms with Gasteiger partial charge in [-0.05, 0) is 52.2 Å². The second-order valence-corrected chi connectivity index (χ2v) is 11.7. The molecule has 2 aliphatic rings. The molecule has 2 heterocycles. The molecule has 16 heteroatoms. The number of carbonyl (C=O) groups excluding carboxylic acids is 5. The summed E-state index contributed by atoms with van der Waals surface area (Å²) in [5, 5.41) is 21.7. The maximum atomic E-state index is 13.5. The first kappa shape index (κ1) is 34.7. The second kappa shape index (κ2) is 15.4. The van der Waals surface area contributed by atoms with Crippen molar-refractivity contribution in [1.82, 2.24) is 35.5 Å². The molecule has 47 heavy (non-hydrogen) atoms. The number of carboxylic acid groups (broad SMARTS) is 1. The molecule has 254 valence electrons. The van der Waals surface area contributed by atoms with Gasteiger partial charge in [-0.1, -0.05) is 18.2 Å². The minimum absolute atomic E-state index is 0.0347. The van der Waals surface area contributed by atoms with Crippen LogP contribution in [0.1, 0.15) is 56.9 Å². The first-order chi connectivity index (χ1) is 22.4. The molecule has 16 nitrogen and oxygen atoms in total. The van der Waals surface area contributed by atoms with Crippen LogP contribution in [0, 0.1) is 0 Å². The van der Waals surface area contributed by atoms with Crippen LogP contribution in [0.4, 0.5) is 4.79 Å². The standard InChI is InChI=1S/C31H41N7O9/c1-4-46-30(45)37-16-14-36(15-17-37)28(43)22(12-13-26(40)41)34-27(42)23-18-25(38(35-23)21-8-6-5-7-9-21)47-31(2,3)29(44)32-19-24(39)33-20-10-11-20/h5-9,18,20,22H,4,10-17,19H2,1-3H3,(H,32,44)(H,33,39)(H,34,42)(H,40,41)/t22-/m0/s1. The van der Waals surface area contributed by atoms with Crippen molar-refractivity contribution in [2.24, 2.45) is 0 Å². The van der Waals surface area contributed by atoms with Crippen molar-refractivity contribution in [3.05, 3.63) is 42.1 Å². The molecule has 4 rings (SSSR count). The Balaban J connectivity index is 1.49. The predicted molar refractivity (Wildman–Crippen MR) is 166 cm³/mol. The summed E-state index contributed by atoms with van der Waals surface area (Å²) >= 11 is 0. The van der Waals surface area contributed by atoms with E-state index in [9.17, 15) is 33.9 Å². The first-order valence-corrected chi connectivity index (χ1v) is 15.5. The Morgan fingerprint density at radius 1 is 1.02 bits per heavy atom. The number of nitrogens with zero attached hydrogens (tertiary/aromatic N) is 4. The third kappa shape index (κ3) is 9.67. The van der Waals surface area contributed by atoms with E-state index in [1.54, 1.807) is 37.3 Å². The highest BCUT2D eigenvalue weighted by atomic mass is 16.6. The van der Waals surface area contributed by atoms with Crippen molar-refractivity contribution in [2.75, 3.05) is 39.3 Å². The normalized spacial score (nSPS) is 15.3. The second-order valence-electron chi connectivity index (χ2n) is 11.7. The number of ether oxygens (including phenoxy) is 2. The van der Waals surface area contributed by atoms with E-state index in [-0.39, 0.29) is 75.7 Å². The Hall–Kier alpha value is -5.15. The average Bonchev–Trinajstić information content (AvgIpc) is 3.77. The fraction of sp³-hybridized carbons (Fsp3) is 0.516. The van der Waals surface area contributed by atoms with Crippen LogP contribution < -0.4 is 20.7 Å². The molecule has 0 spiro atoms. The molecule has 0 unspecified atom stereocenters. The number of piperazine rings is 1. The summed E-state index contributed by atoms with van der Waals surface area (Å²) in [4.78, 5) is 78.5. The number of hydrogen-bond donors (Lipinski definition) is 4. The van der Waals surface area contributed by atoms with Gasteiger partial charge in [-0.2, -0.15) is 5.10 Å². The first-order valence-electron chi connectivity index (χ1n) is 15.5. The van der Waals surface area contributed by atoms with Crippen LogP contribution in [-0.4, -0.2) is 117 Å². The summed E-state index contributed by atoms with van der Waals surface area (Å²) in [6, 6.07) is 8.98. The molecule has 5 amide bonds. The lowest BCUT2D eigenvalue weighted by Gasteiger charge is -2.35. The topological polar surface area (TPSA) is 202 Å². The van der Waals surface area contributed by atoms with Crippen LogP contribution >= 0.6 is 0 Å². The molecule has 1 aliphatic heterocycles. The third-order valence-corrected chi connectivity index (χ3v) is 7.54. The molecule has 4 N–H and O–H groups in total. The molecule has 1 saturated heterocycles. The molecule has 1 aromatic carbocycles. The summed E-state index contributed by atoms with van der Waals surface area (Å²) in [5.41, 5.74) is -1.13. The van der Waals surface area contributed by atoms with Gasteiger partial charge in [0.2, 0.25) is 17.7 Å². The Kier molecular flexibility index (Phi) is 11.4. The number of benzene rings is 1. The van der Waals surface area contributed by atoms with Crippen LogP contribution in [0.25, 0.3) is 5.69 Å². The predicted octanol–water partition coefficient (Wildman–Crippen LogP) is 0.688. The van der Waals surface area contributed by atoms with Crippen molar-refractivity contribution >= 4 is 35.7 Å². The summed E-state index contributed by atoms with van der Waals surface area (Å²) in [6.45, 7) is 5.50. The zero-order chi connectivity index (χ0) is 34.1. The molecule has 1 aromatic heterocycles. The number of amides is 5. The fourth-order valence-electron chi connectivity index (χ4n) is 4.79. The Morgan fingerprint density at radius 3 is 2.30 bits per heavy atom. The minimum atomic E-state index is -1.49. The van der Waals surface area contributed by atoms with Gasteiger partial charge in [0.1, 0.15) is 6.04 Å². The zero-order valence-corrected chi connectivity index (χ0v) is 26.7. The highest BCUT2D eigenvalue weighted by molar-refractivity contribution is 5.96. The lowest BCUT2D eigenvalue weighted by atomic mass is 10.1. The number of nitrogens with one attached hydrogen (secondary N) is 3. The minimum Gasteiger partial charge on any atom is -0.481 e. The van der Waals surface area contributed by atoms with Crippen molar-refractivity contribution in [3.8, 4) is 11.6 Å². The molecule has 1 aliphatic carbocycles. The van der Waals surface area contributed by atoms with Gasteiger partial charge in [0.15, 0.2) is 11.3 Å². The molecule has 2 fully saturated rings.